The van der Waals surface area contributed by atoms with Crippen LogP contribution in [0.5, 0.6) is 0 Å². The van der Waals surface area contributed by atoms with E-state index in [9.17, 15) is 24.3 Å². The summed E-state index contributed by atoms with van der Waals surface area (Å²) in [6, 6.07) is 13.5. The van der Waals surface area contributed by atoms with Crippen LogP contribution in [0.4, 0.5) is 17.1 Å². The molecule has 5 heterocycles. The maximum atomic E-state index is 14.9. The molecule has 4 aliphatic rings. The van der Waals surface area contributed by atoms with Crippen molar-refractivity contribution in [1.82, 2.24) is 15.0 Å². The van der Waals surface area contributed by atoms with E-state index >= 15 is 0 Å². The van der Waals surface area contributed by atoms with E-state index < -0.39 is 20.0 Å². The second-order valence-electron chi connectivity index (χ2n) is 13.4. The lowest BCUT2D eigenvalue weighted by atomic mass is 9.82. The number of benzene rings is 2. The summed E-state index contributed by atoms with van der Waals surface area (Å²) in [5.41, 5.74) is 2.95. The molecule has 4 aliphatic heterocycles. The quantitative estimate of drug-likeness (QED) is 0.254. The molecule has 0 bridgehead atoms. The van der Waals surface area contributed by atoms with Gasteiger partial charge in [-0.15, -0.1) is 5.10 Å². The number of anilines is 3. The number of amides is 3. The van der Waals surface area contributed by atoms with Gasteiger partial charge in [-0.05, 0) is 55.4 Å². The van der Waals surface area contributed by atoms with Crippen molar-refractivity contribution in [2.24, 2.45) is 5.92 Å². The van der Waals surface area contributed by atoms with Crippen LogP contribution in [0.2, 0.25) is 18.6 Å². The number of carbonyl (C=O) groups excluding carboxylic acids is 3. The average Bonchev–Trinajstić information content (AvgIpc) is 3.65. The largest absolute Gasteiger partial charge is 0.432 e. The van der Waals surface area contributed by atoms with E-state index in [1.54, 1.807) is 25.6 Å². The van der Waals surface area contributed by atoms with E-state index in [1.165, 1.54) is 0 Å². The first-order valence-corrected chi connectivity index (χ1v) is 19.1. The molecule has 2 aromatic carbocycles. The third-order valence-electron chi connectivity index (χ3n) is 10.1. The van der Waals surface area contributed by atoms with Gasteiger partial charge >= 0.3 is 0 Å². The SMILES string of the molecule is C[C@H]1[C@H]([Si](C)(C)O)[C@@H](CCn2cc(CCO)nn2)O[C@]12C(=O)N(Cc1cccc(N3CCC3=O)c1)c1ccc(N3CCC3=O)cc12. The molecule has 3 saturated heterocycles. The van der Waals surface area contributed by atoms with Gasteiger partial charge in [0.15, 0.2) is 13.9 Å². The molecule has 2 N–H and O–H groups in total. The van der Waals surface area contributed by atoms with Crippen LogP contribution in [-0.4, -0.2) is 76.7 Å². The maximum Gasteiger partial charge on any atom is 0.264 e. The van der Waals surface area contributed by atoms with E-state index in [1.807, 2.05) is 62.5 Å². The van der Waals surface area contributed by atoms with Crippen molar-refractivity contribution in [3.8, 4) is 0 Å². The van der Waals surface area contributed by atoms with E-state index in [2.05, 4.69) is 10.3 Å². The number of aromatic nitrogens is 3. The second kappa shape index (κ2) is 11.4. The number of aryl methyl sites for hydroxylation is 1. The van der Waals surface area contributed by atoms with Crippen LogP contribution in [0.25, 0.3) is 0 Å². The minimum atomic E-state index is -2.88. The lowest BCUT2D eigenvalue weighted by Crippen LogP contribution is -2.46. The van der Waals surface area contributed by atoms with Crippen LogP contribution in [0.15, 0.2) is 48.7 Å². The number of ether oxygens (including phenoxy) is 1. The van der Waals surface area contributed by atoms with Crippen LogP contribution in [-0.2, 0) is 44.2 Å². The highest BCUT2D eigenvalue weighted by molar-refractivity contribution is 6.71. The molecular formula is C33H40N6O6Si. The summed E-state index contributed by atoms with van der Waals surface area (Å²) < 4.78 is 8.70. The fourth-order valence-corrected chi connectivity index (χ4v) is 10.4. The molecule has 13 heteroatoms. The second-order valence-corrected chi connectivity index (χ2v) is 17.4. The molecule has 3 aromatic rings. The number of aliphatic hydroxyl groups excluding tert-OH is 1. The number of aliphatic hydroxyl groups is 1. The van der Waals surface area contributed by atoms with Crippen molar-refractivity contribution in [3.05, 3.63) is 65.5 Å². The van der Waals surface area contributed by atoms with E-state index in [-0.39, 0.29) is 42.3 Å². The highest BCUT2D eigenvalue weighted by atomic mass is 28.4. The Hall–Kier alpha value is -3.91. The number of fused-ring (bicyclic) bond motifs is 2. The van der Waals surface area contributed by atoms with Crippen molar-refractivity contribution in [2.45, 2.75) is 76.0 Å². The third kappa shape index (κ3) is 4.96. The van der Waals surface area contributed by atoms with Crippen molar-refractivity contribution < 1.29 is 29.0 Å². The number of nitrogens with zero attached hydrogens (tertiary/aromatic N) is 6. The third-order valence-corrected chi connectivity index (χ3v) is 12.6. The molecule has 0 radical (unpaired) electrons. The van der Waals surface area contributed by atoms with E-state index in [4.69, 9.17) is 4.74 Å². The molecule has 1 aromatic heterocycles. The van der Waals surface area contributed by atoms with Gasteiger partial charge in [-0.3, -0.25) is 19.1 Å². The monoisotopic (exact) mass is 644 g/mol. The fraction of sp³-hybridized carbons (Fsp3) is 0.485. The molecule has 7 rings (SSSR count). The summed E-state index contributed by atoms with van der Waals surface area (Å²) >= 11 is 0. The fourth-order valence-electron chi connectivity index (χ4n) is 7.78. The number of β-lactam (4-membered cyclic amide) rings is 2. The molecule has 1 spiro atoms. The maximum absolute atomic E-state index is 14.9. The number of hydrogen-bond donors (Lipinski definition) is 2. The highest BCUT2D eigenvalue weighted by Crippen LogP contribution is 2.60. The lowest BCUT2D eigenvalue weighted by Gasteiger charge is -2.33. The van der Waals surface area contributed by atoms with E-state index in [0.29, 0.717) is 56.6 Å². The normalized spacial score (nSPS) is 25.8. The van der Waals surface area contributed by atoms with E-state index in [0.717, 1.165) is 22.6 Å². The molecule has 4 atom stereocenters. The van der Waals surface area contributed by atoms with Gasteiger partial charge in [0.05, 0.1) is 24.0 Å². The van der Waals surface area contributed by atoms with Crippen LogP contribution < -0.4 is 14.7 Å². The summed E-state index contributed by atoms with van der Waals surface area (Å²) in [7, 11) is -2.88. The Balaban J connectivity index is 1.26. The van der Waals surface area contributed by atoms with Crippen molar-refractivity contribution in [1.29, 1.82) is 0 Å². The first-order valence-electron chi connectivity index (χ1n) is 16.1. The highest BCUT2D eigenvalue weighted by Gasteiger charge is 2.66. The minimum absolute atomic E-state index is 0.0133. The molecule has 3 fully saturated rings. The zero-order valence-corrected chi connectivity index (χ0v) is 27.4. The Bertz CT molecular complexity index is 1710. The minimum Gasteiger partial charge on any atom is -0.432 e. The summed E-state index contributed by atoms with van der Waals surface area (Å²) in [5, 5.41) is 17.6. The number of rotatable bonds is 10. The first kappa shape index (κ1) is 30.7. The predicted molar refractivity (Wildman–Crippen MR) is 173 cm³/mol. The number of carbonyl (C=O) groups is 3. The van der Waals surface area contributed by atoms with Gasteiger partial charge in [0.1, 0.15) is 0 Å². The summed E-state index contributed by atoms with van der Waals surface area (Å²) in [6.45, 7) is 7.85. The summed E-state index contributed by atoms with van der Waals surface area (Å²) in [5.74, 6) is -0.415. The smallest absolute Gasteiger partial charge is 0.264 e. The Morgan fingerprint density at radius 2 is 1.74 bits per heavy atom. The van der Waals surface area contributed by atoms with Crippen LogP contribution >= 0.6 is 0 Å². The van der Waals surface area contributed by atoms with Crippen LogP contribution in [0, 0.1) is 5.92 Å². The van der Waals surface area contributed by atoms with Crippen molar-refractivity contribution in [2.75, 3.05) is 34.4 Å². The van der Waals surface area contributed by atoms with Gasteiger partial charge in [-0.25, -0.2) is 0 Å². The van der Waals surface area contributed by atoms with Crippen LogP contribution in [0.3, 0.4) is 0 Å². The average molecular weight is 645 g/mol. The predicted octanol–water partition coefficient (Wildman–Crippen LogP) is 2.72. The van der Waals surface area contributed by atoms with Gasteiger partial charge in [-0.2, -0.15) is 0 Å². The molecule has 12 nitrogen and oxygen atoms in total. The van der Waals surface area contributed by atoms with Gasteiger partial charge in [0.25, 0.3) is 5.91 Å². The zero-order chi connectivity index (χ0) is 32.4. The topological polar surface area (TPSA) is 141 Å². The molecular weight excluding hydrogens is 604 g/mol. The van der Waals surface area contributed by atoms with Gasteiger partial charge in [0.2, 0.25) is 11.8 Å². The lowest BCUT2D eigenvalue weighted by molar-refractivity contribution is -0.146. The summed E-state index contributed by atoms with van der Waals surface area (Å²) in [4.78, 5) is 56.4. The van der Waals surface area contributed by atoms with Crippen LogP contribution in [0.1, 0.15) is 43.0 Å². The van der Waals surface area contributed by atoms with Crippen molar-refractivity contribution >= 4 is 43.1 Å². The summed E-state index contributed by atoms with van der Waals surface area (Å²) in [6.07, 6.45) is 3.33. The molecule has 0 saturated carbocycles. The molecule has 0 unspecified atom stereocenters. The Morgan fingerprint density at radius 1 is 1.02 bits per heavy atom. The Morgan fingerprint density at radius 3 is 2.37 bits per heavy atom. The molecule has 46 heavy (non-hydrogen) atoms. The van der Waals surface area contributed by atoms with Gasteiger partial charge in [-0.1, -0.05) is 24.3 Å². The van der Waals surface area contributed by atoms with Gasteiger partial charge in [0, 0.05) is 80.1 Å². The molecule has 0 aliphatic carbocycles. The van der Waals surface area contributed by atoms with Gasteiger partial charge < -0.3 is 29.3 Å². The molecule has 242 valence electrons. The van der Waals surface area contributed by atoms with Crippen molar-refractivity contribution in [3.63, 3.8) is 0 Å². The Kier molecular flexibility index (Phi) is 7.62. The Labute approximate surface area is 268 Å². The zero-order valence-electron chi connectivity index (χ0n) is 26.4. The first-order chi connectivity index (χ1) is 22.0. The molecule has 3 amide bonds. The standard InChI is InChI=1S/C33H40N6O6Si/c1-21-31(46(2,3)44)28(9-13-36-20-23(12-16-40)34-35-36)45-33(21)26-18-25(38-15-11-30(38)42)7-8-27(26)39(32(33)43)19-22-5-4-6-24(17-22)37-14-10-29(37)41/h4-8,17-18,20-21,28,31,40,44H,9-16,19H2,1-3H3/t21-,28+,31-,33+/m0/s1. The number of hydrogen-bond acceptors (Lipinski definition) is 8.